The summed E-state index contributed by atoms with van der Waals surface area (Å²) in [4.78, 5) is 14.2. The maximum atomic E-state index is 11.5. The molecule has 0 aromatic heterocycles. The molecule has 0 radical (unpaired) electrons. The van der Waals surface area contributed by atoms with Gasteiger partial charge < -0.3 is 14.9 Å². The highest BCUT2D eigenvalue weighted by molar-refractivity contribution is 5.90. The first-order chi connectivity index (χ1) is 9.42. The van der Waals surface area contributed by atoms with Gasteiger partial charge in [-0.3, -0.25) is 0 Å². The van der Waals surface area contributed by atoms with Crippen LogP contribution in [-0.2, 0) is 15.1 Å². The average molecular weight is 277 g/mol. The molecular weight excluding hydrogens is 260 g/mol. The minimum Gasteiger partial charge on any atom is -0.505 e. The smallest absolute Gasteiger partial charge is 0.505 e. The van der Waals surface area contributed by atoms with Crippen LogP contribution in [0, 0.1) is 5.39 Å². The summed E-state index contributed by atoms with van der Waals surface area (Å²) < 4.78 is 4.64. The number of carbonyl (C=O) groups is 1. The van der Waals surface area contributed by atoms with E-state index >= 15 is 0 Å². The Labute approximate surface area is 116 Å². The van der Waals surface area contributed by atoms with Crippen molar-refractivity contribution in [3.63, 3.8) is 0 Å². The lowest BCUT2D eigenvalue weighted by Gasteiger charge is -2.22. The zero-order valence-corrected chi connectivity index (χ0v) is 11.4. The van der Waals surface area contributed by atoms with Gasteiger partial charge in [0.25, 0.3) is 0 Å². The molecule has 20 heavy (non-hydrogen) atoms. The summed E-state index contributed by atoms with van der Waals surface area (Å²) in [6.45, 7) is 3.16. The number of diazo groups is 1. The standard InChI is InChI=1S/C14H16N2O4/c1-3-20-13(18)12(16-15)11(17)9-14(2,19)10-7-5-4-6-8-10/h4-8,19H,3,9H2,1-2H3/p+1. The van der Waals surface area contributed by atoms with Crippen LogP contribution >= 0.6 is 0 Å². The summed E-state index contributed by atoms with van der Waals surface area (Å²) >= 11 is 0. The van der Waals surface area contributed by atoms with Gasteiger partial charge in [-0.2, -0.15) is 0 Å². The second-order valence-electron chi connectivity index (χ2n) is 4.43. The average Bonchev–Trinajstić information content (AvgIpc) is 2.40. The molecule has 106 valence electrons. The van der Waals surface area contributed by atoms with Crippen molar-refractivity contribution >= 4 is 5.97 Å². The van der Waals surface area contributed by atoms with Gasteiger partial charge in [0.05, 0.1) is 12.2 Å². The van der Waals surface area contributed by atoms with Crippen molar-refractivity contribution < 1.29 is 19.7 Å². The molecule has 6 heteroatoms. The van der Waals surface area contributed by atoms with Crippen LogP contribution in [0.5, 0.6) is 0 Å². The third-order valence-electron chi connectivity index (χ3n) is 2.75. The normalized spacial score (nSPS) is 14.7. The molecule has 0 aliphatic heterocycles. The van der Waals surface area contributed by atoms with Crippen LogP contribution in [0.2, 0.25) is 0 Å². The highest BCUT2D eigenvalue weighted by atomic mass is 16.5. The SMILES string of the molecule is CCOC(=O)/C([N+]#N)=C(\O)CC(C)(O)c1ccccc1. The van der Waals surface area contributed by atoms with E-state index in [0.717, 1.165) is 0 Å². The van der Waals surface area contributed by atoms with Crippen LogP contribution < -0.4 is 0 Å². The summed E-state index contributed by atoms with van der Waals surface area (Å²) in [5, 5.41) is 29.0. The van der Waals surface area contributed by atoms with Crippen LogP contribution in [0.1, 0.15) is 25.8 Å². The van der Waals surface area contributed by atoms with Crippen molar-refractivity contribution in [2.24, 2.45) is 0 Å². The number of benzene rings is 1. The van der Waals surface area contributed by atoms with Gasteiger partial charge in [0.1, 0.15) is 0 Å². The number of aliphatic hydroxyl groups excluding tert-OH is 1. The van der Waals surface area contributed by atoms with E-state index in [9.17, 15) is 15.0 Å². The van der Waals surface area contributed by atoms with Crippen molar-refractivity contribution in [1.29, 1.82) is 5.39 Å². The molecule has 1 aromatic rings. The molecule has 1 atom stereocenters. The number of carbonyl (C=O) groups excluding carboxylic acids is 1. The predicted molar refractivity (Wildman–Crippen MR) is 72.0 cm³/mol. The summed E-state index contributed by atoms with van der Waals surface area (Å²) in [6, 6.07) is 8.66. The van der Waals surface area contributed by atoms with E-state index in [-0.39, 0.29) is 13.0 Å². The van der Waals surface area contributed by atoms with E-state index in [1.165, 1.54) is 6.92 Å². The minimum absolute atomic E-state index is 0.0835. The fourth-order valence-corrected chi connectivity index (χ4v) is 1.72. The Bertz CT molecular complexity index is 544. The van der Waals surface area contributed by atoms with Crippen LogP contribution in [0.4, 0.5) is 0 Å². The summed E-state index contributed by atoms with van der Waals surface area (Å²) in [7, 11) is 0. The monoisotopic (exact) mass is 277 g/mol. The van der Waals surface area contributed by atoms with Gasteiger partial charge in [-0.05, 0) is 19.4 Å². The number of aliphatic hydroxyl groups is 2. The van der Waals surface area contributed by atoms with Gasteiger partial charge in [0.15, 0.2) is 10.7 Å². The van der Waals surface area contributed by atoms with E-state index < -0.39 is 23.0 Å². The third-order valence-corrected chi connectivity index (χ3v) is 2.75. The van der Waals surface area contributed by atoms with E-state index in [1.54, 1.807) is 37.3 Å². The number of esters is 1. The fraction of sp³-hybridized carbons (Fsp3) is 0.357. The van der Waals surface area contributed by atoms with Crippen molar-refractivity contribution in [3.05, 3.63) is 52.3 Å². The van der Waals surface area contributed by atoms with E-state index in [4.69, 9.17) is 5.39 Å². The zero-order valence-electron chi connectivity index (χ0n) is 11.4. The Hall–Kier alpha value is -2.39. The van der Waals surface area contributed by atoms with Gasteiger partial charge in [0, 0.05) is 6.42 Å². The second kappa shape index (κ2) is 6.68. The zero-order chi connectivity index (χ0) is 15.2. The van der Waals surface area contributed by atoms with Gasteiger partial charge in [-0.1, -0.05) is 30.3 Å². The molecule has 1 rings (SSSR count). The highest BCUT2D eigenvalue weighted by Gasteiger charge is 2.35. The number of ether oxygens (including phenoxy) is 1. The lowest BCUT2D eigenvalue weighted by molar-refractivity contribution is -0.138. The predicted octanol–water partition coefficient (Wildman–Crippen LogP) is 2.47. The molecule has 0 aliphatic carbocycles. The van der Waals surface area contributed by atoms with Gasteiger partial charge in [-0.15, -0.1) is 0 Å². The largest absolute Gasteiger partial charge is 0.505 e. The van der Waals surface area contributed by atoms with Crippen LogP contribution in [0.15, 0.2) is 41.8 Å². The molecule has 0 amide bonds. The van der Waals surface area contributed by atoms with E-state index in [1.807, 2.05) is 0 Å². The molecule has 0 bridgehead atoms. The van der Waals surface area contributed by atoms with Crippen molar-refractivity contribution in [2.45, 2.75) is 25.9 Å². The molecule has 1 unspecified atom stereocenters. The van der Waals surface area contributed by atoms with Crippen LogP contribution in [-0.4, -0.2) is 22.8 Å². The molecule has 2 N–H and O–H groups in total. The van der Waals surface area contributed by atoms with E-state index in [0.29, 0.717) is 5.56 Å². The Morgan fingerprint density at radius 1 is 1.40 bits per heavy atom. The van der Waals surface area contributed by atoms with Crippen LogP contribution in [0.25, 0.3) is 4.98 Å². The number of hydrogen-bond donors (Lipinski definition) is 2. The van der Waals surface area contributed by atoms with Crippen molar-refractivity contribution in [3.8, 4) is 0 Å². The number of hydrogen-bond acceptors (Lipinski definition) is 5. The van der Waals surface area contributed by atoms with Crippen molar-refractivity contribution in [2.75, 3.05) is 6.61 Å². The molecule has 0 saturated carbocycles. The molecule has 0 saturated heterocycles. The van der Waals surface area contributed by atoms with Crippen LogP contribution in [0.3, 0.4) is 0 Å². The first kappa shape index (κ1) is 15.7. The maximum absolute atomic E-state index is 11.5. The topological polar surface area (TPSA) is 94.9 Å². The minimum atomic E-state index is -1.41. The van der Waals surface area contributed by atoms with E-state index in [2.05, 4.69) is 9.71 Å². The molecule has 0 fully saturated rings. The van der Waals surface area contributed by atoms with Gasteiger partial charge >= 0.3 is 11.7 Å². The quantitative estimate of drug-likeness (QED) is 0.373. The van der Waals surface area contributed by atoms with Gasteiger partial charge in [-0.25, -0.2) is 4.79 Å². The lowest BCUT2D eigenvalue weighted by Crippen LogP contribution is -2.23. The Kier molecular flexibility index (Phi) is 5.23. The number of nitrogens with zero attached hydrogens (tertiary/aromatic N) is 2. The molecule has 0 heterocycles. The Morgan fingerprint density at radius 2 is 2.00 bits per heavy atom. The maximum Gasteiger partial charge on any atom is 0.505 e. The summed E-state index contributed by atoms with van der Waals surface area (Å²) in [5.41, 5.74) is -1.45. The molecule has 6 nitrogen and oxygen atoms in total. The van der Waals surface area contributed by atoms with Gasteiger partial charge in [0.2, 0.25) is 5.39 Å². The second-order valence-corrected chi connectivity index (χ2v) is 4.43. The summed E-state index contributed by atoms with van der Waals surface area (Å²) in [5.74, 6) is -1.49. The molecule has 0 aliphatic rings. The first-order valence-corrected chi connectivity index (χ1v) is 6.14. The number of rotatable bonds is 5. The highest BCUT2D eigenvalue weighted by Crippen LogP contribution is 2.28. The van der Waals surface area contributed by atoms with Crippen molar-refractivity contribution in [1.82, 2.24) is 0 Å². The lowest BCUT2D eigenvalue weighted by atomic mass is 9.91. The third kappa shape index (κ3) is 3.80. The Balaban J connectivity index is 3.01. The Morgan fingerprint density at radius 3 is 2.50 bits per heavy atom. The first-order valence-electron chi connectivity index (χ1n) is 6.14. The molecule has 0 spiro atoms. The molecular formula is C14H17N2O4+. The molecule has 1 aromatic carbocycles. The summed E-state index contributed by atoms with van der Waals surface area (Å²) in [6.07, 6.45) is -0.283. The fourth-order valence-electron chi connectivity index (χ4n) is 1.72.